The number of benzene rings is 1. The van der Waals surface area contributed by atoms with Gasteiger partial charge in [-0.25, -0.2) is 0 Å². The number of hydrogen-bond acceptors (Lipinski definition) is 4. The first-order chi connectivity index (χ1) is 8.70. The van der Waals surface area contributed by atoms with Gasteiger partial charge >= 0.3 is 0 Å². The summed E-state index contributed by atoms with van der Waals surface area (Å²) >= 11 is 3.91. The summed E-state index contributed by atoms with van der Waals surface area (Å²) in [5.41, 5.74) is 1.92. The van der Waals surface area contributed by atoms with Crippen molar-refractivity contribution in [2.45, 2.75) is 17.5 Å². The molecule has 1 unspecified atom stereocenters. The average Bonchev–Trinajstić information content (AvgIpc) is 2.92. The van der Waals surface area contributed by atoms with Gasteiger partial charge in [-0.1, -0.05) is 12.1 Å². The summed E-state index contributed by atoms with van der Waals surface area (Å²) < 4.78 is 0.512. The zero-order valence-corrected chi connectivity index (χ0v) is 11.9. The van der Waals surface area contributed by atoms with Crippen LogP contribution >= 0.6 is 23.5 Å². The molecule has 1 heterocycles. The normalized spacial score (nSPS) is 17.7. The van der Waals surface area contributed by atoms with Crippen molar-refractivity contribution in [1.29, 1.82) is 0 Å². The molecule has 98 valence electrons. The Bertz CT molecular complexity index is 402. The van der Waals surface area contributed by atoms with E-state index >= 15 is 0 Å². The van der Waals surface area contributed by atoms with E-state index in [2.05, 4.69) is 5.32 Å². The van der Waals surface area contributed by atoms with E-state index in [1.165, 1.54) is 17.1 Å². The van der Waals surface area contributed by atoms with E-state index in [9.17, 15) is 4.79 Å². The number of aliphatic hydroxyl groups is 1. The highest BCUT2D eigenvalue weighted by atomic mass is 32.2. The van der Waals surface area contributed by atoms with Crippen molar-refractivity contribution < 1.29 is 9.90 Å². The van der Waals surface area contributed by atoms with E-state index in [4.69, 9.17) is 5.11 Å². The van der Waals surface area contributed by atoms with Gasteiger partial charge in [0.2, 0.25) is 0 Å². The maximum atomic E-state index is 11.8. The summed E-state index contributed by atoms with van der Waals surface area (Å²) in [7, 11) is 0. The second-order valence-electron chi connectivity index (χ2n) is 4.25. The highest BCUT2D eigenvalue weighted by molar-refractivity contribution is 8.19. The summed E-state index contributed by atoms with van der Waals surface area (Å²) in [6, 6.07) is 7.55. The summed E-state index contributed by atoms with van der Waals surface area (Å²) in [6.45, 7) is 1.73. The number of carbonyl (C=O) groups is 1. The molecular weight excluding hydrogens is 266 g/mol. The molecule has 1 saturated heterocycles. The van der Waals surface area contributed by atoms with Crippen LogP contribution in [0.3, 0.4) is 0 Å². The summed E-state index contributed by atoms with van der Waals surface area (Å²) in [4.78, 5) is 11.8. The van der Waals surface area contributed by atoms with Crippen LogP contribution in [0, 0.1) is 0 Å². The number of carbonyl (C=O) groups excluding carboxylic acids is 1. The van der Waals surface area contributed by atoms with Gasteiger partial charge in [-0.2, -0.15) is 0 Å². The van der Waals surface area contributed by atoms with Gasteiger partial charge in [0, 0.05) is 23.1 Å². The minimum Gasteiger partial charge on any atom is -0.394 e. The smallest absolute Gasteiger partial charge is 0.251 e. The molecule has 0 radical (unpaired) electrons. The van der Waals surface area contributed by atoms with E-state index in [1.807, 2.05) is 47.8 Å². The second-order valence-corrected chi connectivity index (χ2v) is 6.98. The van der Waals surface area contributed by atoms with E-state index in [0.29, 0.717) is 10.1 Å². The molecule has 1 amide bonds. The average molecular weight is 283 g/mol. The molecule has 0 spiro atoms. The highest BCUT2D eigenvalue weighted by Gasteiger charge is 2.18. The zero-order chi connectivity index (χ0) is 13.0. The van der Waals surface area contributed by atoms with Gasteiger partial charge in [-0.3, -0.25) is 4.79 Å². The highest BCUT2D eigenvalue weighted by Crippen LogP contribution is 2.45. The van der Waals surface area contributed by atoms with Gasteiger partial charge in [0.25, 0.3) is 5.91 Å². The van der Waals surface area contributed by atoms with Crippen molar-refractivity contribution in [3.05, 3.63) is 35.4 Å². The third-order valence-corrected chi connectivity index (χ3v) is 5.82. The number of nitrogens with one attached hydrogen (secondary N) is 1. The fourth-order valence-electron chi connectivity index (χ4n) is 1.70. The molecule has 1 aliphatic heterocycles. The monoisotopic (exact) mass is 283 g/mol. The van der Waals surface area contributed by atoms with Gasteiger partial charge in [0.15, 0.2) is 0 Å². The fraction of sp³-hybridized carbons (Fsp3) is 0.462. The van der Waals surface area contributed by atoms with Crippen molar-refractivity contribution in [2.24, 2.45) is 0 Å². The molecule has 1 aliphatic rings. The topological polar surface area (TPSA) is 49.3 Å². The number of rotatable bonds is 4. The van der Waals surface area contributed by atoms with Crippen molar-refractivity contribution >= 4 is 29.4 Å². The zero-order valence-electron chi connectivity index (χ0n) is 10.3. The molecule has 2 N–H and O–H groups in total. The maximum Gasteiger partial charge on any atom is 0.251 e. The standard InChI is InChI=1S/C13H17NO2S2/c1-9(8-15)14-12(16)10-2-4-11(5-3-10)13-17-6-7-18-13/h2-5,9,13,15H,6-8H2,1H3,(H,14,16). The van der Waals surface area contributed by atoms with Crippen LogP contribution in [-0.4, -0.2) is 35.2 Å². The van der Waals surface area contributed by atoms with E-state index in [0.717, 1.165) is 0 Å². The quantitative estimate of drug-likeness (QED) is 0.890. The Kier molecular flexibility index (Phi) is 4.97. The second kappa shape index (κ2) is 6.50. The predicted molar refractivity (Wildman–Crippen MR) is 78.1 cm³/mol. The third-order valence-electron chi connectivity index (χ3n) is 2.72. The molecule has 1 fully saturated rings. The van der Waals surface area contributed by atoms with Crippen LogP contribution < -0.4 is 5.32 Å². The summed E-state index contributed by atoms with van der Waals surface area (Å²) in [5.74, 6) is 2.27. The molecule has 5 heteroatoms. The van der Waals surface area contributed by atoms with Crippen LogP contribution in [0.5, 0.6) is 0 Å². The summed E-state index contributed by atoms with van der Waals surface area (Å²) in [6.07, 6.45) is 0. The third kappa shape index (κ3) is 3.43. The van der Waals surface area contributed by atoms with Crippen molar-refractivity contribution in [3.63, 3.8) is 0 Å². The Morgan fingerprint density at radius 3 is 2.56 bits per heavy atom. The lowest BCUT2D eigenvalue weighted by molar-refractivity contribution is 0.0922. The van der Waals surface area contributed by atoms with Crippen LogP contribution in [0.2, 0.25) is 0 Å². The fourth-order valence-corrected chi connectivity index (χ4v) is 4.55. The number of hydrogen-bond donors (Lipinski definition) is 2. The van der Waals surface area contributed by atoms with E-state index in [-0.39, 0.29) is 18.6 Å². The lowest BCUT2D eigenvalue weighted by atomic mass is 10.1. The van der Waals surface area contributed by atoms with Gasteiger partial charge in [0.05, 0.1) is 11.2 Å². The van der Waals surface area contributed by atoms with Gasteiger partial charge < -0.3 is 10.4 Å². The minimum atomic E-state index is -0.210. The van der Waals surface area contributed by atoms with Crippen molar-refractivity contribution in [3.8, 4) is 0 Å². The molecule has 0 aliphatic carbocycles. The first-order valence-corrected chi connectivity index (χ1v) is 8.05. The molecule has 1 aromatic rings. The SMILES string of the molecule is CC(CO)NC(=O)c1ccc(C2SCCS2)cc1. The molecule has 0 bridgehead atoms. The molecule has 1 aromatic carbocycles. The molecule has 0 aromatic heterocycles. The summed E-state index contributed by atoms with van der Waals surface area (Å²) in [5, 5.41) is 11.6. The van der Waals surface area contributed by atoms with E-state index < -0.39 is 0 Å². The van der Waals surface area contributed by atoms with Crippen LogP contribution in [0.25, 0.3) is 0 Å². The van der Waals surface area contributed by atoms with Crippen molar-refractivity contribution in [2.75, 3.05) is 18.1 Å². The lowest BCUT2D eigenvalue weighted by Crippen LogP contribution is -2.34. The molecule has 2 rings (SSSR count). The molecule has 18 heavy (non-hydrogen) atoms. The molecular formula is C13H17NO2S2. The minimum absolute atomic E-state index is 0.0425. The Labute approximate surface area is 116 Å². The molecule has 3 nitrogen and oxygen atoms in total. The van der Waals surface area contributed by atoms with Crippen LogP contribution in [0.15, 0.2) is 24.3 Å². The van der Waals surface area contributed by atoms with Gasteiger partial charge in [-0.15, -0.1) is 23.5 Å². The molecule has 1 atom stereocenters. The number of amides is 1. The molecule has 0 saturated carbocycles. The van der Waals surface area contributed by atoms with Crippen LogP contribution in [0.1, 0.15) is 27.4 Å². The largest absolute Gasteiger partial charge is 0.394 e. The Morgan fingerprint density at radius 2 is 2.00 bits per heavy atom. The van der Waals surface area contributed by atoms with Crippen molar-refractivity contribution in [1.82, 2.24) is 5.32 Å². The Balaban J connectivity index is 2.00. The number of aliphatic hydroxyl groups excluding tert-OH is 1. The van der Waals surface area contributed by atoms with Gasteiger partial charge in [-0.05, 0) is 24.6 Å². The number of thioether (sulfide) groups is 2. The Morgan fingerprint density at radius 1 is 1.39 bits per heavy atom. The lowest BCUT2D eigenvalue weighted by Gasteiger charge is -2.12. The maximum absolute atomic E-state index is 11.8. The van der Waals surface area contributed by atoms with E-state index in [1.54, 1.807) is 6.92 Å². The Hall–Kier alpha value is -0.650. The van der Waals surface area contributed by atoms with Crippen LogP contribution in [-0.2, 0) is 0 Å². The first-order valence-electron chi connectivity index (χ1n) is 5.95. The first kappa shape index (κ1) is 13.8. The van der Waals surface area contributed by atoms with Gasteiger partial charge in [0.1, 0.15) is 0 Å². The van der Waals surface area contributed by atoms with Crippen LogP contribution in [0.4, 0.5) is 0 Å². The predicted octanol–water partition coefficient (Wildman–Crippen LogP) is 2.28.